The summed E-state index contributed by atoms with van der Waals surface area (Å²) in [5.41, 5.74) is 7.49. The lowest BCUT2D eigenvalue weighted by Crippen LogP contribution is -2.52. The lowest BCUT2D eigenvalue weighted by atomic mass is 9.95. The lowest BCUT2D eigenvalue weighted by Gasteiger charge is -2.28. The SMILES string of the molecule is CNC(C)(CC(C)SCc1ccccc1C)C(N)=O. The smallest absolute Gasteiger partial charge is 0.237 e. The van der Waals surface area contributed by atoms with Gasteiger partial charge in [-0.1, -0.05) is 31.2 Å². The average molecular weight is 280 g/mol. The zero-order valence-corrected chi connectivity index (χ0v) is 13.0. The van der Waals surface area contributed by atoms with Crippen LogP contribution in [0.2, 0.25) is 0 Å². The summed E-state index contributed by atoms with van der Waals surface area (Å²) >= 11 is 1.86. The third-order valence-corrected chi connectivity index (χ3v) is 4.79. The van der Waals surface area contributed by atoms with Gasteiger partial charge in [0.1, 0.15) is 0 Å². The highest BCUT2D eigenvalue weighted by molar-refractivity contribution is 7.99. The molecule has 0 aromatic heterocycles. The molecular formula is C15H24N2OS. The van der Waals surface area contributed by atoms with Crippen LogP contribution in [0.3, 0.4) is 0 Å². The van der Waals surface area contributed by atoms with E-state index in [1.165, 1.54) is 11.1 Å². The van der Waals surface area contributed by atoms with Crippen molar-refractivity contribution >= 4 is 17.7 Å². The Hall–Kier alpha value is -1.00. The van der Waals surface area contributed by atoms with Crippen molar-refractivity contribution in [1.29, 1.82) is 0 Å². The van der Waals surface area contributed by atoms with Gasteiger partial charge < -0.3 is 11.1 Å². The number of nitrogens with one attached hydrogen (secondary N) is 1. The summed E-state index contributed by atoms with van der Waals surface area (Å²) in [7, 11) is 1.78. The monoisotopic (exact) mass is 280 g/mol. The molecule has 2 unspecified atom stereocenters. The highest BCUT2D eigenvalue weighted by Gasteiger charge is 2.30. The van der Waals surface area contributed by atoms with Gasteiger partial charge in [0.2, 0.25) is 5.91 Å². The molecule has 0 radical (unpaired) electrons. The second kappa shape index (κ2) is 6.96. The van der Waals surface area contributed by atoms with Crippen molar-refractivity contribution < 1.29 is 4.79 Å². The minimum Gasteiger partial charge on any atom is -0.368 e. The maximum absolute atomic E-state index is 11.5. The molecule has 0 bridgehead atoms. The number of likely N-dealkylation sites (N-methyl/N-ethyl adjacent to an activating group) is 1. The Labute approximate surface area is 120 Å². The maximum Gasteiger partial charge on any atom is 0.237 e. The largest absolute Gasteiger partial charge is 0.368 e. The number of primary amides is 1. The second-order valence-corrected chi connectivity index (χ2v) is 6.63. The number of aryl methyl sites for hydroxylation is 1. The van der Waals surface area contributed by atoms with Gasteiger partial charge in [-0.05, 0) is 38.4 Å². The van der Waals surface area contributed by atoms with Crippen molar-refractivity contribution in [3.63, 3.8) is 0 Å². The summed E-state index contributed by atoms with van der Waals surface area (Å²) in [4.78, 5) is 11.5. The van der Waals surface area contributed by atoms with Crippen molar-refractivity contribution in [3.05, 3.63) is 35.4 Å². The molecule has 0 heterocycles. The highest BCUT2D eigenvalue weighted by atomic mass is 32.2. The van der Waals surface area contributed by atoms with Crippen LogP contribution in [-0.2, 0) is 10.5 Å². The van der Waals surface area contributed by atoms with E-state index in [1.54, 1.807) is 7.05 Å². The molecule has 0 fully saturated rings. The van der Waals surface area contributed by atoms with Crippen LogP contribution in [0.5, 0.6) is 0 Å². The molecule has 1 amide bonds. The first-order valence-electron chi connectivity index (χ1n) is 6.54. The van der Waals surface area contributed by atoms with Gasteiger partial charge in [0.25, 0.3) is 0 Å². The number of hydrogen-bond donors (Lipinski definition) is 2. The Kier molecular flexibility index (Phi) is 5.88. The molecule has 1 aromatic rings. The summed E-state index contributed by atoms with van der Waals surface area (Å²) < 4.78 is 0. The van der Waals surface area contributed by atoms with Crippen LogP contribution in [0.25, 0.3) is 0 Å². The van der Waals surface area contributed by atoms with E-state index in [0.717, 1.165) is 12.2 Å². The average Bonchev–Trinajstić information content (AvgIpc) is 2.37. The molecule has 19 heavy (non-hydrogen) atoms. The van der Waals surface area contributed by atoms with Crippen LogP contribution in [0.15, 0.2) is 24.3 Å². The number of hydrogen-bond acceptors (Lipinski definition) is 3. The molecule has 1 aromatic carbocycles. The Morgan fingerprint density at radius 3 is 2.63 bits per heavy atom. The van der Waals surface area contributed by atoms with E-state index in [1.807, 2.05) is 18.7 Å². The maximum atomic E-state index is 11.5. The molecule has 2 atom stereocenters. The van der Waals surface area contributed by atoms with E-state index in [9.17, 15) is 4.79 Å². The first-order valence-corrected chi connectivity index (χ1v) is 7.59. The molecule has 3 N–H and O–H groups in total. The fourth-order valence-electron chi connectivity index (χ4n) is 1.96. The minimum absolute atomic E-state index is 0.293. The molecule has 0 saturated carbocycles. The molecule has 0 aliphatic rings. The first-order chi connectivity index (χ1) is 8.89. The number of carbonyl (C=O) groups is 1. The van der Waals surface area contributed by atoms with Gasteiger partial charge in [0.15, 0.2) is 0 Å². The molecule has 1 rings (SSSR count). The van der Waals surface area contributed by atoms with Crippen molar-refractivity contribution in [2.24, 2.45) is 5.73 Å². The quantitative estimate of drug-likeness (QED) is 0.806. The van der Waals surface area contributed by atoms with E-state index in [4.69, 9.17) is 5.73 Å². The van der Waals surface area contributed by atoms with E-state index in [0.29, 0.717) is 5.25 Å². The van der Waals surface area contributed by atoms with Crippen LogP contribution in [0.1, 0.15) is 31.4 Å². The summed E-state index contributed by atoms with van der Waals surface area (Å²) in [6.45, 7) is 6.13. The van der Waals surface area contributed by atoms with Crippen LogP contribution in [-0.4, -0.2) is 23.7 Å². The summed E-state index contributed by atoms with van der Waals surface area (Å²) in [6, 6.07) is 8.40. The molecular weight excluding hydrogens is 256 g/mol. The van der Waals surface area contributed by atoms with Crippen LogP contribution < -0.4 is 11.1 Å². The van der Waals surface area contributed by atoms with E-state index >= 15 is 0 Å². The lowest BCUT2D eigenvalue weighted by molar-refractivity contribution is -0.123. The fourth-order valence-corrected chi connectivity index (χ4v) is 3.20. The fraction of sp³-hybridized carbons (Fsp3) is 0.533. The number of thioether (sulfide) groups is 1. The van der Waals surface area contributed by atoms with Gasteiger partial charge in [-0.3, -0.25) is 4.79 Å². The Bertz CT molecular complexity index is 436. The van der Waals surface area contributed by atoms with E-state index < -0.39 is 5.54 Å². The van der Waals surface area contributed by atoms with Crippen LogP contribution in [0, 0.1) is 6.92 Å². The first kappa shape index (κ1) is 16.1. The third-order valence-electron chi connectivity index (χ3n) is 3.58. The normalized spacial score (nSPS) is 15.8. The van der Waals surface area contributed by atoms with Gasteiger partial charge in [-0.2, -0.15) is 11.8 Å². The number of nitrogens with two attached hydrogens (primary N) is 1. The van der Waals surface area contributed by atoms with Gasteiger partial charge in [-0.15, -0.1) is 0 Å². The Morgan fingerprint density at radius 1 is 1.47 bits per heavy atom. The molecule has 0 aliphatic carbocycles. The highest BCUT2D eigenvalue weighted by Crippen LogP contribution is 2.25. The van der Waals surface area contributed by atoms with Gasteiger partial charge >= 0.3 is 0 Å². The predicted octanol–water partition coefficient (Wildman–Crippen LogP) is 2.47. The van der Waals surface area contributed by atoms with E-state index in [2.05, 4.69) is 43.4 Å². The van der Waals surface area contributed by atoms with Crippen molar-refractivity contribution in [3.8, 4) is 0 Å². The van der Waals surface area contributed by atoms with Crippen LogP contribution in [0.4, 0.5) is 0 Å². The third kappa shape index (κ3) is 4.55. The minimum atomic E-state index is -0.627. The second-order valence-electron chi connectivity index (χ2n) is 5.20. The van der Waals surface area contributed by atoms with Crippen LogP contribution >= 0.6 is 11.8 Å². The summed E-state index contributed by atoms with van der Waals surface area (Å²) in [5.74, 6) is 0.671. The van der Waals surface area contributed by atoms with Crippen molar-refractivity contribution in [2.75, 3.05) is 7.05 Å². The number of amides is 1. The Balaban J connectivity index is 2.55. The molecule has 106 valence electrons. The topological polar surface area (TPSA) is 55.1 Å². The molecule has 3 nitrogen and oxygen atoms in total. The van der Waals surface area contributed by atoms with E-state index in [-0.39, 0.29) is 5.91 Å². The molecule has 0 aliphatic heterocycles. The summed E-state index contributed by atoms with van der Waals surface area (Å²) in [6.07, 6.45) is 0.732. The van der Waals surface area contributed by atoms with Gasteiger partial charge in [-0.25, -0.2) is 0 Å². The summed E-state index contributed by atoms with van der Waals surface area (Å²) in [5, 5.41) is 3.40. The standard InChI is InChI=1S/C15H24N2OS/c1-11-7-5-6-8-13(11)10-19-12(2)9-15(3,17-4)14(16)18/h5-8,12,17H,9-10H2,1-4H3,(H2,16,18). The number of benzene rings is 1. The van der Waals surface area contributed by atoms with Crippen molar-refractivity contribution in [1.82, 2.24) is 5.32 Å². The molecule has 4 heteroatoms. The predicted molar refractivity (Wildman–Crippen MR) is 83.2 cm³/mol. The number of carbonyl (C=O) groups excluding carboxylic acids is 1. The van der Waals surface area contributed by atoms with Gasteiger partial charge in [0.05, 0.1) is 5.54 Å². The molecule has 0 spiro atoms. The van der Waals surface area contributed by atoms with Crippen molar-refractivity contribution in [2.45, 2.75) is 43.7 Å². The zero-order valence-electron chi connectivity index (χ0n) is 12.2. The molecule has 0 saturated heterocycles. The zero-order chi connectivity index (χ0) is 14.5. The number of rotatable bonds is 7. The van der Waals surface area contributed by atoms with Gasteiger partial charge in [0, 0.05) is 11.0 Å². The Morgan fingerprint density at radius 2 is 2.11 bits per heavy atom.